The third kappa shape index (κ3) is 3.22. The van der Waals surface area contributed by atoms with E-state index in [1.165, 1.54) is 17.5 Å². The van der Waals surface area contributed by atoms with E-state index in [4.69, 9.17) is 14.2 Å². The summed E-state index contributed by atoms with van der Waals surface area (Å²) >= 11 is 0. The summed E-state index contributed by atoms with van der Waals surface area (Å²) in [5.74, 6) is 0.365. The zero-order chi connectivity index (χ0) is 17.2. The topological polar surface area (TPSA) is 61.8 Å². The molecule has 1 heterocycles. The number of ether oxygens (including phenoxy) is 3. The van der Waals surface area contributed by atoms with Crippen molar-refractivity contribution in [2.45, 2.75) is 25.7 Å². The Morgan fingerprint density at radius 3 is 2.52 bits per heavy atom. The first-order chi connectivity index (χ1) is 12.2. The smallest absolute Gasteiger partial charge is 0.338 e. The molecule has 5 heteroatoms. The molecule has 0 amide bonds. The summed E-state index contributed by atoms with van der Waals surface area (Å²) in [6, 6.07) is 10.6. The van der Waals surface area contributed by atoms with Crippen molar-refractivity contribution in [1.29, 1.82) is 0 Å². The number of hydrogen-bond acceptors (Lipinski definition) is 5. The van der Waals surface area contributed by atoms with Crippen molar-refractivity contribution in [3.63, 3.8) is 0 Å². The van der Waals surface area contributed by atoms with Gasteiger partial charge in [-0.25, -0.2) is 4.79 Å². The molecule has 2 aromatic carbocycles. The average Bonchev–Trinajstić information content (AvgIpc) is 3.13. The lowest BCUT2D eigenvalue weighted by atomic mass is 9.90. The Morgan fingerprint density at radius 1 is 0.880 bits per heavy atom. The van der Waals surface area contributed by atoms with Crippen LogP contribution in [0.4, 0.5) is 0 Å². The Balaban J connectivity index is 1.40. The van der Waals surface area contributed by atoms with E-state index in [0.717, 1.165) is 19.3 Å². The molecule has 4 rings (SSSR count). The molecule has 0 radical (unpaired) electrons. The van der Waals surface area contributed by atoms with Crippen molar-refractivity contribution in [3.8, 4) is 11.5 Å². The van der Waals surface area contributed by atoms with Crippen LogP contribution in [0.2, 0.25) is 0 Å². The van der Waals surface area contributed by atoms with Gasteiger partial charge in [-0.2, -0.15) is 0 Å². The van der Waals surface area contributed by atoms with E-state index in [0.29, 0.717) is 22.6 Å². The van der Waals surface area contributed by atoms with E-state index in [-0.39, 0.29) is 19.2 Å². The first-order valence-electron chi connectivity index (χ1n) is 8.42. The van der Waals surface area contributed by atoms with Gasteiger partial charge in [-0.15, -0.1) is 0 Å². The summed E-state index contributed by atoms with van der Waals surface area (Å²) in [4.78, 5) is 24.5. The molecule has 2 aliphatic rings. The van der Waals surface area contributed by atoms with E-state index >= 15 is 0 Å². The second-order valence-corrected chi connectivity index (χ2v) is 6.26. The Bertz CT molecular complexity index is 840. The van der Waals surface area contributed by atoms with Crippen molar-refractivity contribution in [3.05, 3.63) is 58.7 Å². The van der Waals surface area contributed by atoms with Gasteiger partial charge in [0.15, 0.2) is 23.9 Å². The van der Waals surface area contributed by atoms with Gasteiger partial charge >= 0.3 is 5.97 Å². The number of rotatable bonds is 4. The van der Waals surface area contributed by atoms with E-state index in [1.807, 2.05) is 18.2 Å². The van der Waals surface area contributed by atoms with Crippen LogP contribution in [0.5, 0.6) is 11.5 Å². The fourth-order valence-electron chi connectivity index (χ4n) is 3.23. The largest absolute Gasteiger partial charge is 0.454 e. The highest BCUT2D eigenvalue weighted by atomic mass is 16.7. The van der Waals surface area contributed by atoms with Crippen LogP contribution < -0.4 is 9.47 Å². The minimum Gasteiger partial charge on any atom is -0.454 e. The van der Waals surface area contributed by atoms with Crippen LogP contribution >= 0.6 is 0 Å². The maximum absolute atomic E-state index is 12.3. The zero-order valence-electron chi connectivity index (χ0n) is 13.7. The van der Waals surface area contributed by atoms with Gasteiger partial charge in [-0.05, 0) is 61.1 Å². The number of esters is 1. The molecule has 1 aliphatic heterocycles. The number of fused-ring (bicyclic) bond motifs is 2. The van der Waals surface area contributed by atoms with Gasteiger partial charge in [0.2, 0.25) is 6.79 Å². The summed E-state index contributed by atoms with van der Waals surface area (Å²) in [6.45, 7) is -0.128. The number of hydrogen-bond donors (Lipinski definition) is 0. The van der Waals surface area contributed by atoms with Crippen molar-refractivity contribution in [2.75, 3.05) is 13.4 Å². The Kier molecular flexibility index (Phi) is 4.14. The maximum atomic E-state index is 12.3. The van der Waals surface area contributed by atoms with Gasteiger partial charge in [0, 0.05) is 5.56 Å². The third-order valence-electron chi connectivity index (χ3n) is 4.61. The maximum Gasteiger partial charge on any atom is 0.338 e. The summed E-state index contributed by atoms with van der Waals surface area (Å²) in [5, 5.41) is 0. The minimum atomic E-state index is -0.551. The molecule has 0 fully saturated rings. The second-order valence-electron chi connectivity index (χ2n) is 6.26. The molecular weight excluding hydrogens is 320 g/mol. The Morgan fingerprint density at radius 2 is 1.64 bits per heavy atom. The van der Waals surface area contributed by atoms with Crippen molar-refractivity contribution >= 4 is 11.8 Å². The van der Waals surface area contributed by atoms with Gasteiger partial charge in [0.25, 0.3) is 0 Å². The SMILES string of the molecule is O=C(COC(=O)c1ccc2c(c1)OCO2)c1ccc2c(c1)CCCC2. The van der Waals surface area contributed by atoms with Gasteiger partial charge in [-0.1, -0.05) is 12.1 Å². The third-order valence-corrected chi connectivity index (χ3v) is 4.61. The standard InChI is InChI=1S/C20H18O5/c21-17(15-6-5-13-3-1-2-4-14(13)9-15)11-23-20(22)16-7-8-18-19(10-16)25-12-24-18/h5-10H,1-4,11-12H2. The highest BCUT2D eigenvalue weighted by Gasteiger charge is 2.18. The molecule has 0 N–H and O–H groups in total. The summed E-state index contributed by atoms with van der Waals surface area (Å²) in [5.41, 5.74) is 3.49. The average molecular weight is 338 g/mol. The van der Waals surface area contributed by atoms with Crippen LogP contribution in [-0.4, -0.2) is 25.2 Å². The fraction of sp³-hybridized carbons (Fsp3) is 0.300. The molecular formula is C20H18O5. The number of Topliss-reactive ketones (excluding diaryl/α,β-unsaturated/α-hetero) is 1. The lowest BCUT2D eigenvalue weighted by molar-refractivity contribution is 0.0474. The first kappa shape index (κ1) is 15.7. The predicted molar refractivity (Wildman–Crippen MR) is 90.3 cm³/mol. The van der Waals surface area contributed by atoms with E-state index in [1.54, 1.807) is 18.2 Å². The number of carbonyl (C=O) groups excluding carboxylic acids is 2. The monoisotopic (exact) mass is 338 g/mol. The van der Waals surface area contributed by atoms with Gasteiger partial charge in [0.1, 0.15) is 0 Å². The van der Waals surface area contributed by atoms with Crippen LogP contribution in [0.25, 0.3) is 0 Å². The molecule has 0 aromatic heterocycles. The number of carbonyl (C=O) groups is 2. The molecule has 0 spiro atoms. The fourth-order valence-corrected chi connectivity index (χ4v) is 3.23. The number of aryl methyl sites for hydroxylation is 2. The van der Waals surface area contributed by atoms with E-state index < -0.39 is 5.97 Å². The second kappa shape index (κ2) is 6.59. The van der Waals surface area contributed by atoms with E-state index in [2.05, 4.69) is 0 Å². The van der Waals surface area contributed by atoms with Crippen LogP contribution in [0.3, 0.4) is 0 Å². The predicted octanol–water partition coefficient (Wildman–Crippen LogP) is 3.33. The van der Waals surface area contributed by atoms with Crippen LogP contribution in [0.1, 0.15) is 44.7 Å². The summed E-state index contributed by atoms with van der Waals surface area (Å²) < 4.78 is 15.6. The molecule has 0 saturated carbocycles. The molecule has 0 atom stereocenters. The van der Waals surface area contributed by atoms with Crippen molar-refractivity contribution in [2.24, 2.45) is 0 Å². The molecule has 0 saturated heterocycles. The van der Waals surface area contributed by atoms with Crippen molar-refractivity contribution < 1.29 is 23.8 Å². The quantitative estimate of drug-likeness (QED) is 0.632. The molecule has 0 bridgehead atoms. The zero-order valence-corrected chi connectivity index (χ0v) is 13.7. The van der Waals surface area contributed by atoms with Crippen LogP contribution in [0.15, 0.2) is 36.4 Å². The van der Waals surface area contributed by atoms with Crippen LogP contribution in [0, 0.1) is 0 Å². The van der Waals surface area contributed by atoms with Crippen LogP contribution in [-0.2, 0) is 17.6 Å². The normalized spacial score (nSPS) is 14.7. The summed E-state index contributed by atoms with van der Waals surface area (Å²) in [7, 11) is 0. The molecule has 128 valence electrons. The Labute approximate surface area is 145 Å². The number of ketones is 1. The molecule has 0 unspecified atom stereocenters. The lowest BCUT2D eigenvalue weighted by Gasteiger charge is -2.16. The summed E-state index contributed by atoms with van der Waals surface area (Å²) in [6.07, 6.45) is 4.44. The minimum absolute atomic E-state index is 0.144. The molecule has 1 aliphatic carbocycles. The highest BCUT2D eigenvalue weighted by Crippen LogP contribution is 2.32. The molecule has 25 heavy (non-hydrogen) atoms. The molecule has 5 nitrogen and oxygen atoms in total. The van der Waals surface area contributed by atoms with Gasteiger partial charge in [-0.3, -0.25) is 4.79 Å². The number of benzene rings is 2. The first-order valence-corrected chi connectivity index (χ1v) is 8.42. The Hall–Kier alpha value is -2.82. The lowest BCUT2D eigenvalue weighted by Crippen LogP contribution is -2.15. The van der Waals surface area contributed by atoms with Gasteiger partial charge in [0.05, 0.1) is 5.56 Å². The van der Waals surface area contributed by atoms with Gasteiger partial charge < -0.3 is 14.2 Å². The highest BCUT2D eigenvalue weighted by molar-refractivity contribution is 5.99. The van der Waals surface area contributed by atoms with Crippen molar-refractivity contribution in [1.82, 2.24) is 0 Å². The molecule has 2 aromatic rings. The van der Waals surface area contributed by atoms with E-state index in [9.17, 15) is 9.59 Å².